The minimum Gasteiger partial charge on any atom is -0.253 e. The highest BCUT2D eigenvalue weighted by Crippen LogP contribution is 2.41. The molecule has 0 amide bonds. The Hall–Kier alpha value is -1.80. The summed E-state index contributed by atoms with van der Waals surface area (Å²) < 4.78 is -0.00796. The van der Waals surface area contributed by atoms with Crippen LogP contribution in [0.5, 0.6) is 0 Å². The second-order valence-electron chi connectivity index (χ2n) is 5.16. The predicted molar refractivity (Wildman–Crippen MR) is 87.6 cm³/mol. The van der Waals surface area contributed by atoms with Crippen LogP contribution in [0.1, 0.15) is 18.2 Å². The summed E-state index contributed by atoms with van der Waals surface area (Å²) in [5, 5.41) is 2.15. The van der Waals surface area contributed by atoms with Gasteiger partial charge in [0.15, 0.2) is 0 Å². The second-order valence-corrected chi connectivity index (χ2v) is 6.52. The van der Waals surface area contributed by atoms with Gasteiger partial charge in [-0.25, -0.2) is 0 Å². The molecule has 0 saturated carbocycles. The van der Waals surface area contributed by atoms with Crippen LogP contribution < -0.4 is 0 Å². The molecule has 2 aromatic rings. The number of allylic oxidation sites excluding steroid dienone is 2. The van der Waals surface area contributed by atoms with Gasteiger partial charge in [-0.1, -0.05) is 48.6 Å². The van der Waals surface area contributed by atoms with Crippen LogP contribution in [0.3, 0.4) is 0 Å². The fraction of sp³-hybridized carbons (Fsp3) is 0.167. The Morgan fingerprint density at radius 2 is 1.85 bits per heavy atom. The molecular formula is C18H17NS. The molecule has 0 bridgehead atoms. The zero-order chi connectivity index (χ0) is 14.0. The average Bonchev–Trinajstić information content (AvgIpc) is 2.48. The standard InChI is InChI=1S/C18H17NS/c1-14-12-16(18(2)10-6-7-11-20-18)13-17(19-14)15-8-4-3-5-9-15/h3-13H,1-2H3. The predicted octanol–water partition coefficient (Wildman–Crippen LogP) is 5.09. The monoisotopic (exact) mass is 279 g/mol. The summed E-state index contributed by atoms with van der Waals surface area (Å²) in [7, 11) is 0. The maximum atomic E-state index is 4.68. The Morgan fingerprint density at radius 1 is 1.05 bits per heavy atom. The van der Waals surface area contributed by atoms with Gasteiger partial charge in [-0.05, 0) is 37.0 Å². The first-order valence-corrected chi connectivity index (χ1v) is 7.62. The lowest BCUT2D eigenvalue weighted by Crippen LogP contribution is -2.15. The van der Waals surface area contributed by atoms with Crippen LogP contribution in [0.2, 0.25) is 0 Å². The number of rotatable bonds is 2. The number of aromatic nitrogens is 1. The average molecular weight is 279 g/mol. The molecule has 1 aliphatic rings. The van der Waals surface area contributed by atoms with Crippen LogP contribution in [0.25, 0.3) is 11.3 Å². The minimum absolute atomic E-state index is 0.00796. The van der Waals surface area contributed by atoms with E-state index < -0.39 is 0 Å². The molecule has 2 heteroatoms. The summed E-state index contributed by atoms with van der Waals surface area (Å²) in [5.74, 6) is 0. The van der Waals surface area contributed by atoms with Crippen LogP contribution in [-0.2, 0) is 4.75 Å². The lowest BCUT2D eigenvalue weighted by Gasteiger charge is -2.27. The molecule has 0 fully saturated rings. The van der Waals surface area contributed by atoms with E-state index in [1.165, 1.54) is 11.1 Å². The minimum atomic E-state index is -0.00796. The highest BCUT2D eigenvalue weighted by molar-refractivity contribution is 8.03. The number of pyridine rings is 1. The highest BCUT2D eigenvalue weighted by Gasteiger charge is 2.25. The largest absolute Gasteiger partial charge is 0.253 e. The van der Waals surface area contributed by atoms with Gasteiger partial charge in [0.2, 0.25) is 0 Å². The molecule has 1 aromatic carbocycles. The third kappa shape index (κ3) is 2.56. The fourth-order valence-corrected chi connectivity index (χ4v) is 3.24. The third-order valence-corrected chi connectivity index (χ3v) is 4.67. The first-order valence-electron chi connectivity index (χ1n) is 6.74. The number of nitrogens with zero attached hydrogens (tertiary/aromatic N) is 1. The van der Waals surface area contributed by atoms with Crippen LogP contribution in [0, 0.1) is 6.92 Å². The zero-order valence-electron chi connectivity index (χ0n) is 11.7. The summed E-state index contributed by atoms with van der Waals surface area (Å²) in [5.41, 5.74) is 4.58. The van der Waals surface area contributed by atoms with Crippen LogP contribution in [0.15, 0.2) is 66.1 Å². The quantitative estimate of drug-likeness (QED) is 0.759. The van der Waals surface area contributed by atoms with Crippen molar-refractivity contribution in [2.45, 2.75) is 18.6 Å². The molecule has 2 heterocycles. The normalized spacial score (nSPS) is 21.1. The van der Waals surface area contributed by atoms with Gasteiger partial charge in [-0.2, -0.15) is 0 Å². The van der Waals surface area contributed by atoms with E-state index in [0.29, 0.717) is 0 Å². The van der Waals surface area contributed by atoms with Crippen LogP contribution >= 0.6 is 11.8 Å². The van der Waals surface area contributed by atoms with Crippen LogP contribution in [-0.4, -0.2) is 4.98 Å². The molecule has 0 radical (unpaired) electrons. The Balaban J connectivity index is 2.08. The molecule has 3 rings (SSSR count). The van der Waals surface area contributed by atoms with E-state index in [1.54, 1.807) is 0 Å². The maximum absolute atomic E-state index is 4.68. The van der Waals surface area contributed by atoms with Crippen molar-refractivity contribution in [1.82, 2.24) is 4.98 Å². The van der Waals surface area contributed by atoms with E-state index in [-0.39, 0.29) is 4.75 Å². The topological polar surface area (TPSA) is 12.9 Å². The summed E-state index contributed by atoms with van der Waals surface area (Å²) in [4.78, 5) is 4.68. The highest BCUT2D eigenvalue weighted by atomic mass is 32.2. The van der Waals surface area contributed by atoms with Crippen molar-refractivity contribution in [3.63, 3.8) is 0 Å². The molecule has 1 aromatic heterocycles. The smallest absolute Gasteiger partial charge is 0.0708 e. The lowest BCUT2D eigenvalue weighted by molar-refractivity contribution is 0.874. The van der Waals surface area contributed by atoms with Gasteiger partial charge in [-0.15, -0.1) is 11.8 Å². The molecule has 1 aliphatic heterocycles. The van der Waals surface area contributed by atoms with Gasteiger partial charge < -0.3 is 0 Å². The number of hydrogen-bond acceptors (Lipinski definition) is 2. The number of aryl methyl sites for hydroxylation is 1. The zero-order valence-corrected chi connectivity index (χ0v) is 12.5. The summed E-state index contributed by atoms with van der Waals surface area (Å²) >= 11 is 1.84. The first kappa shape index (κ1) is 13.2. The lowest BCUT2D eigenvalue weighted by atomic mass is 9.97. The summed E-state index contributed by atoms with van der Waals surface area (Å²) in [6, 6.07) is 14.8. The van der Waals surface area contributed by atoms with Gasteiger partial charge in [0.05, 0.1) is 10.4 Å². The third-order valence-electron chi connectivity index (χ3n) is 3.51. The second kappa shape index (κ2) is 5.29. The van der Waals surface area contributed by atoms with E-state index in [4.69, 9.17) is 0 Å². The van der Waals surface area contributed by atoms with Crippen molar-refractivity contribution in [2.24, 2.45) is 0 Å². The van der Waals surface area contributed by atoms with E-state index in [2.05, 4.69) is 78.9 Å². The molecule has 1 unspecified atom stereocenters. The molecule has 1 nitrogen and oxygen atoms in total. The molecule has 0 N–H and O–H groups in total. The molecule has 0 spiro atoms. The molecule has 100 valence electrons. The Morgan fingerprint density at radius 3 is 2.55 bits per heavy atom. The number of thioether (sulfide) groups is 1. The molecule has 20 heavy (non-hydrogen) atoms. The molecular weight excluding hydrogens is 262 g/mol. The number of benzene rings is 1. The SMILES string of the molecule is Cc1cc(C2(C)C=CC=CS2)cc(-c2ccccc2)n1. The van der Waals surface area contributed by atoms with Gasteiger partial charge in [0.25, 0.3) is 0 Å². The van der Waals surface area contributed by atoms with E-state index in [0.717, 1.165) is 11.4 Å². The van der Waals surface area contributed by atoms with Crippen molar-refractivity contribution >= 4 is 11.8 Å². The van der Waals surface area contributed by atoms with Gasteiger partial charge in [-0.3, -0.25) is 4.98 Å². The van der Waals surface area contributed by atoms with Gasteiger partial charge >= 0.3 is 0 Å². The maximum Gasteiger partial charge on any atom is 0.0708 e. The molecule has 1 atom stereocenters. The fourth-order valence-electron chi connectivity index (χ4n) is 2.38. The first-order chi connectivity index (χ1) is 9.67. The number of hydrogen-bond donors (Lipinski definition) is 0. The van der Waals surface area contributed by atoms with Crippen molar-refractivity contribution < 1.29 is 0 Å². The Kier molecular flexibility index (Phi) is 3.49. The van der Waals surface area contributed by atoms with Crippen molar-refractivity contribution in [3.8, 4) is 11.3 Å². The molecule has 0 aliphatic carbocycles. The van der Waals surface area contributed by atoms with E-state index >= 15 is 0 Å². The Labute approximate surface area is 124 Å². The van der Waals surface area contributed by atoms with Crippen molar-refractivity contribution in [2.75, 3.05) is 0 Å². The van der Waals surface area contributed by atoms with E-state index in [1.807, 2.05) is 17.8 Å². The van der Waals surface area contributed by atoms with Gasteiger partial charge in [0, 0.05) is 11.3 Å². The van der Waals surface area contributed by atoms with Crippen molar-refractivity contribution in [3.05, 3.63) is 77.4 Å². The van der Waals surface area contributed by atoms with Gasteiger partial charge in [0.1, 0.15) is 0 Å². The summed E-state index contributed by atoms with van der Waals surface area (Å²) in [6.07, 6.45) is 6.45. The van der Waals surface area contributed by atoms with E-state index in [9.17, 15) is 0 Å². The molecule has 0 saturated heterocycles. The van der Waals surface area contributed by atoms with Crippen LogP contribution in [0.4, 0.5) is 0 Å². The van der Waals surface area contributed by atoms with Crippen molar-refractivity contribution in [1.29, 1.82) is 0 Å². The summed E-state index contributed by atoms with van der Waals surface area (Å²) in [6.45, 7) is 4.31. The Bertz CT molecular complexity index is 673.